The number of carboxylic acid groups (broad SMARTS) is 2. The van der Waals surface area contributed by atoms with E-state index in [1.54, 1.807) is 0 Å². The maximum Gasteiger partial charge on any atom is 0.306 e. The van der Waals surface area contributed by atoms with Crippen molar-refractivity contribution in [3.63, 3.8) is 0 Å². The third-order valence-corrected chi connectivity index (χ3v) is 5.02. The first-order valence-corrected chi connectivity index (χ1v) is 10.0. The second-order valence-electron chi connectivity index (χ2n) is 7.26. The molecule has 1 rings (SSSR count). The molecule has 0 radical (unpaired) electrons. The maximum atomic E-state index is 11.6. The van der Waals surface area contributed by atoms with Crippen LogP contribution in [0.4, 0.5) is 0 Å². The lowest BCUT2D eigenvalue weighted by Crippen LogP contribution is -2.23. The Morgan fingerprint density at radius 2 is 1.31 bits per heavy atom. The van der Waals surface area contributed by atoms with Gasteiger partial charge in [0.05, 0.1) is 11.8 Å². The van der Waals surface area contributed by atoms with Crippen LogP contribution in [0.2, 0.25) is 0 Å². The fraction of sp³-hybridized carbons (Fsp3) is 0.636. The first-order valence-electron chi connectivity index (χ1n) is 10.0. The molecule has 146 valence electrons. The molecule has 26 heavy (non-hydrogen) atoms. The summed E-state index contributed by atoms with van der Waals surface area (Å²) >= 11 is 0. The average molecular weight is 363 g/mol. The normalized spacial score (nSPS) is 13.3. The van der Waals surface area contributed by atoms with Gasteiger partial charge < -0.3 is 10.2 Å². The van der Waals surface area contributed by atoms with Gasteiger partial charge in [-0.2, -0.15) is 0 Å². The van der Waals surface area contributed by atoms with Crippen molar-refractivity contribution >= 4 is 11.9 Å². The summed E-state index contributed by atoms with van der Waals surface area (Å²) in [4.78, 5) is 23.1. The van der Waals surface area contributed by atoms with Crippen LogP contribution >= 0.6 is 0 Å². The molecule has 0 amide bonds. The molecule has 1 aromatic carbocycles. The molecule has 0 aliphatic carbocycles. The summed E-state index contributed by atoms with van der Waals surface area (Å²) in [6.45, 7) is 4.26. The minimum atomic E-state index is -0.882. The Bertz CT molecular complexity index is 536. The van der Waals surface area contributed by atoms with E-state index in [0.717, 1.165) is 44.1 Å². The molecule has 0 saturated carbocycles. The molecule has 0 aliphatic rings. The van der Waals surface area contributed by atoms with Crippen molar-refractivity contribution in [3.8, 4) is 0 Å². The zero-order chi connectivity index (χ0) is 19.4. The number of carbonyl (C=O) groups is 2. The van der Waals surface area contributed by atoms with E-state index in [4.69, 9.17) is 0 Å². The van der Waals surface area contributed by atoms with E-state index >= 15 is 0 Å². The molecule has 0 spiro atoms. The van der Waals surface area contributed by atoms with Crippen LogP contribution in [-0.2, 0) is 22.4 Å². The highest BCUT2D eigenvalue weighted by molar-refractivity contribution is 5.73. The van der Waals surface area contributed by atoms with E-state index in [1.165, 1.54) is 5.56 Å². The first kappa shape index (κ1) is 22.2. The quantitative estimate of drug-likeness (QED) is 0.438. The standard InChI is InChI=1S/C22H34O4/c1-3-5-6-7-9-19(21(23)24)16-20(22(25)26)15-14-18-12-10-17(8-4-2)11-13-18/h10-13,19-20H,3-9,14-16H2,1-2H3,(H,23,24)(H,25,26)/t19?,20-/m1/s1. The highest BCUT2D eigenvalue weighted by Gasteiger charge is 2.26. The Hall–Kier alpha value is -1.84. The summed E-state index contributed by atoms with van der Waals surface area (Å²) in [5.74, 6) is -2.90. The number of hydrogen-bond donors (Lipinski definition) is 2. The molecule has 1 unspecified atom stereocenters. The van der Waals surface area contributed by atoms with Crippen molar-refractivity contribution in [3.05, 3.63) is 35.4 Å². The fourth-order valence-electron chi connectivity index (χ4n) is 3.35. The smallest absolute Gasteiger partial charge is 0.306 e. The molecule has 0 aliphatic heterocycles. The second-order valence-corrected chi connectivity index (χ2v) is 7.26. The minimum absolute atomic E-state index is 0.227. The van der Waals surface area contributed by atoms with Crippen molar-refractivity contribution in [1.82, 2.24) is 0 Å². The monoisotopic (exact) mass is 362 g/mol. The van der Waals surface area contributed by atoms with Gasteiger partial charge in [0.15, 0.2) is 0 Å². The molecule has 4 heteroatoms. The van der Waals surface area contributed by atoms with Gasteiger partial charge in [-0.1, -0.05) is 70.2 Å². The van der Waals surface area contributed by atoms with Gasteiger partial charge in [-0.3, -0.25) is 9.59 Å². The number of aryl methyl sites for hydroxylation is 2. The number of carboxylic acids is 2. The van der Waals surface area contributed by atoms with Gasteiger partial charge in [0.1, 0.15) is 0 Å². The Kier molecular flexibility index (Phi) is 10.7. The van der Waals surface area contributed by atoms with Crippen LogP contribution in [0, 0.1) is 11.8 Å². The molecule has 1 aromatic rings. The molecule has 0 saturated heterocycles. The number of rotatable bonds is 14. The van der Waals surface area contributed by atoms with Crippen LogP contribution in [-0.4, -0.2) is 22.2 Å². The van der Waals surface area contributed by atoms with E-state index in [1.807, 2.05) is 0 Å². The van der Waals surface area contributed by atoms with Crippen LogP contribution in [0.3, 0.4) is 0 Å². The largest absolute Gasteiger partial charge is 0.481 e. The fourth-order valence-corrected chi connectivity index (χ4v) is 3.35. The zero-order valence-electron chi connectivity index (χ0n) is 16.2. The topological polar surface area (TPSA) is 74.6 Å². The van der Waals surface area contributed by atoms with E-state index in [0.29, 0.717) is 19.3 Å². The molecule has 2 N–H and O–H groups in total. The molecular formula is C22H34O4. The number of unbranched alkanes of at least 4 members (excludes halogenated alkanes) is 3. The lowest BCUT2D eigenvalue weighted by atomic mass is 9.87. The summed E-state index contributed by atoms with van der Waals surface area (Å²) in [6.07, 6.45) is 8.20. The van der Waals surface area contributed by atoms with Gasteiger partial charge in [-0.25, -0.2) is 0 Å². The van der Waals surface area contributed by atoms with Crippen LogP contribution in [0.1, 0.15) is 76.3 Å². The summed E-state index contributed by atoms with van der Waals surface area (Å²) in [5, 5.41) is 18.9. The van der Waals surface area contributed by atoms with Gasteiger partial charge in [-0.15, -0.1) is 0 Å². The third-order valence-electron chi connectivity index (χ3n) is 5.02. The van der Waals surface area contributed by atoms with Crippen LogP contribution < -0.4 is 0 Å². The van der Waals surface area contributed by atoms with E-state index in [9.17, 15) is 19.8 Å². The summed E-state index contributed by atoms with van der Waals surface area (Å²) < 4.78 is 0. The highest BCUT2D eigenvalue weighted by Crippen LogP contribution is 2.24. The van der Waals surface area contributed by atoms with Crippen molar-refractivity contribution in [2.45, 2.75) is 78.1 Å². The SMILES string of the molecule is CCCCCCC(C[C@@H](CCc1ccc(CCC)cc1)C(=O)O)C(=O)O. The van der Waals surface area contributed by atoms with Gasteiger partial charge >= 0.3 is 11.9 Å². The molecule has 0 fully saturated rings. The number of hydrogen-bond acceptors (Lipinski definition) is 2. The molecule has 0 bridgehead atoms. The van der Waals surface area contributed by atoms with Crippen LogP contribution in [0.5, 0.6) is 0 Å². The van der Waals surface area contributed by atoms with Gasteiger partial charge in [0, 0.05) is 0 Å². The third kappa shape index (κ3) is 8.50. The van der Waals surface area contributed by atoms with Crippen molar-refractivity contribution in [1.29, 1.82) is 0 Å². The molecule has 0 aromatic heterocycles. The number of benzene rings is 1. The van der Waals surface area contributed by atoms with Crippen molar-refractivity contribution in [2.75, 3.05) is 0 Å². The second kappa shape index (κ2) is 12.5. The minimum Gasteiger partial charge on any atom is -0.481 e. The molecular weight excluding hydrogens is 328 g/mol. The first-order chi connectivity index (χ1) is 12.5. The van der Waals surface area contributed by atoms with Gasteiger partial charge in [-0.05, 0) is 43.2 Å². The van der Waals surface area contributed by atoms with Crippen molar-refractivity contribution in [2.24, 2.45) is 11.8 Å². The highest BCUT2D eigenvalue weighted by atomic mass is 16.4. The predicted molar refractivity (Wildman–Crippen MR) is 104 cm³/mol. The van der Waals surface area contributed by atoms with E-state index in [-0.39, 0.29) is 6.42 Å². The maximum absolute atomic E-state index is 11.6. The van der Waals surface area contributed by atoms with Crippen LogP contribution in [0.15, 0.2) is 24.3 Å². The lowest BCUT2D eigenvalue weighted by molar-refractivity contribution is -0.146. The van der Waals surface area contributed by atoms with E-state index in [2.05, 4.69) is 38.1 Å². The summed E-state index contributed by atoms with van der Waals surface area (Å²) in [5.41, 5.74) is 2.41. The van der Waals surface area contributed by atoms with Crippen LogP contribution in [0.25, 0.3) is 0 Å². The Morgan fingerprint density at radius 3 is 1.81 bits per heavy atom. The average Bonchev–Trinajstić information content (AvgIpc) is 2.61. The Morgan fingerprint density at radius 1 is 0.769 bits per heavy atom. The lowest BCUT2D eigenvalue weighted by Gasteiger charge is -2.18. The molecule has 2 atom stereocenters. The van der Waals surface area contributed by atoms with Crippen molar-refractivity contribution < 1.29 is 19.8 Å². The molecule has 4 nitrogen and oxygen atoms in total. The Labute approximate surface area is 157 Å². The summed E-state index contributed by atoms with van der Waals surface area (Å²) in [7, 11) is 0. The molecule has 0 heterocycles. The number of aliphatic carboxylic acids is 2. The predicted octanol–water partition coefficient (Wildman–Crippen LogP) is 5.33. The van der Waals surface area contributed by atoms with E-state index < -0.39 is 23.8 Å². The zero-order valence-corrected chi connectivity index (χ0v) is 16.2. The van der Waals surface area contributed by atoms with Gasteiger partial charge in [0.2, 0.25) is 0 Å². The van der Waals surface area contributed by atoms with Gasteiger partial charge in [0.25, 0.3) is 0 Å². The Balaban J connectivity index is 2.57. The summed E-state index contributed by atoms with van der Waals surface area (Å²) in [6, 6.07) is 8.32.